The third-order valence-electron chi connectivity index (χ3n) is 4.90. The van der Waals surface area contributed by atoms with Crippen molar-refractivity contribution in [1.82, 2.24) is 10.1 Å². The number of aromatic hydroxyl groups is 1. The largest absolute Gasteiger partial charge is 0.508 e. The van der Waals surface area contributed by atoms with Crippen LogP contribution in [0.25, 0.3) is 0 Å². The smallest absolute Gasteiger partial charge is 0.292 e. The number of carbonyl (C=O) groups is 1. The molecule has 134 valence electrons. The number of rotatable bonds is 5. The molecule has 0 atom stereocenters. The van der Waals surface area contributed by atoms with E-state index in [1.54, 1.807) is 23.1 Å². The molecule has 1 aromatic carbocycles. The first-order valence-corrected chi connectivity index (χ1v) is 8.92. The van der Waals surface area contributed by atoms with Crippen molar-refractivity contribution < 1.29 is 14.4 Å². The van der Waals surface area contributed by atoms with E-state index in [9.17, 15) is 9.90 Å². The van der Waals surface area contributed by atoms with E-state index in [1.165, 1.54) is 0 Å². The summed E-state index contributed by atoms with van der Waals surface area (Å²) >= 11 is 0. The SMILES string of the molecule is CCC(CC)c1cc(C(=O)N2CCN(c3cccc(O)c3)CC2)on1. The minimum Gasteiger partial charge on any atom is -0.508 e. The number of piperazine rings is 1. The Morgan fingerprint density at radius 1 is 1.20 bits per heavy atom. The number of hydrogen-bond acceptors (Lipinski definition) is 5. The molecule has 0 saturated carbocycles. The molecule has 1 aliphatic heterocycles. The monoisotopic (exact) mass is 343 g/mol. The summed E-state index contributed by atoms with van der Waals surface area (Å²) in [5, 5.41) is 13.7. The zero-order valence-corrected chi connectivity index (χ0v) is 14.8. The molecule has 1 fully saturated rings. The standard InChI is InChI=1S/C19H25N3O3/c1-3-14(4-2)17-13-18(25-20-17)19(24)22-10-8-21(9-11-22)15-6-5-7-16(23)12-15/h5-7,12-14,23H,3-4,8-11H2,1-2H3. The molecular weight excluding hydrogens is 318 g/mol. The van der Waals surface area contributed by atoms with Crippen LogP contribution in [0.5, 0.6) is 5.75 Å². The zero-order valence-electron chi connectivity index (χ0n) is 14.8. The van der Waals surface area contributed by atoms with Crippen LogP contribution in [0.2, 0.25) is 0 Å². The lowest BCUT2D eigenvalue weighted by molar-refractivity contribution is 0.0704. The van der Waals surface area contributed by atoms with Crippen LogP contribution in [-0.2, 0) is 0 Å². The second-order valence-electron chi connectivity index (χ2n) is 6.43. The maximum atomic E-state index is 12.6. The Labute approximate surface area is 148 Å². The van der Waals surface area contributed by atoms with E-state index in [-0.39, 0.29) is 11.7 Å². The third kappa shape index (κ3) is 3.78. The molecule has 25 heavy (non-hydrogen) atoms. The van der Waals surface area contributed by atoms with Crippen molar-refractivity contribution in [3.8, 4) is 5.75 Å². The van der Waals surface area contributed by atoms with Gasteiger partial charge in [0.05, 0.1) is 5.69 Å². The Morgan fingerprint density at radius 3 is 2.56 bits per heavy atom. The number of aromatic nitrogens is 1. The number of nitrogens with zero attached hydrogens (tertiary/aromatic N) is 3. The lowest BCUT2D eigenvalue weighted by Gasteiger charge is -2.35. The van der Waals surface area contributed by atoms with Gasteiger partial charge >= 0.3 is 0 Å². The van der Waals surface area contributed by atoms with Crippen LogP contribution in [0.3, 0.4) is 0 Å². The highest BCUT2D eigenvalue weighted by molar-refractivity contribution is 5.91. The van der Waals surface area contributed by atoms with Crippen molar-refractivity contribution in [3.05, 3.63) is 41.8 Å². The Kier molecular flexibility index (Phi) is 5.26. The first kappa shape index (κ1) is 17.3. The highest BCUT2D eigenvalue weighted by Crippen LogP contribution is 2.24. The highest BCUT2D eigenvalue weighted by Gasteiger charge is 2.26. The van der Waals surface area contributed by atoms with Gasteiger partial charge in [0.15, 0.2) is 0 Å². The second kappa shape index (κ2) is 7.59. The van der Waals surface area contributed by atoms with Crippen molar-refractivity contribution in [2.45, 2.75) is 32.6 Å². The van der Waals surface area contributed by atoms with Crippen LogP contribution in [0, 0.1) is 0 Å². The minimum atomic E-state index is -0.0970. The lowest BCUT2D eigenvalue weighted by Crippen LogP contribution is -2.48. The summed E-state index contributed by atoms with van der Waals surface area (Å²) in [7, 11) is 0. The molecule has 2 aromatic rings. The highest BCUT2D eigenvalue weighted by atomic mass is 16.5. The Bertz CT molecular complexity index is 716. The Hall–Kier alpha value is -2.50. The van der Waals surface area contributed by atoms with E-state index in [4.69, 9.17) is 4.52 Å². The van der Waals surface area contributed by atoms with Gasteiger partial charge in [0, 0.05) is 49.9 Å². The van der Waals surface area contributed by atoms with Gasteiger partial charge in [-0.1, -0.05) is 25.1 Å². The average Bonchev–Trinajstić information content (AvgIpc) is 3.12. The molecular formula is C19H25N3O3. The first-order chi connectivity index (χ1) is 12.1. The van der Waals surface area contributed by atoms with Crippen molar-refractivity contribution in [2.75, 3.05) is 31.1 Å². The molecule has 0 radical (unpaired) electrons. The zero-order chi connectivity index (χ0) is 17.8. The Morgan fingerprint density at radius 2 is 1.92 bits per heavy atom. The number of amides is 1. The van der Waals surface area contributed by atoms with Crippen molar-refractivity contribution in [2.24, 2.45) is 0 Å². The maximum Gasteiger partial charge on any atom is 0.292 e. The molecule has 1 aromatic heterocycles. The van der Waals surface area contributed by atoms with Gasteiger partial charge in [-0.3, -0.25) is 4.79 Å². The molecule has 1 N–H and O–H groups in total. The number of hydrogen-bond donors (Lipinski definition) is 1. The molecule has 1 amide bonds. The van der Waals surface area contributed by atoms with Crippen LogP contribution < -0.4 is 4.90 Å². The summed E-state index contributed by atoms with van der Waals surface area (Å²) in [6.07, 6.45) is 1.97. The predicted molar refractivity (Wildman–Crippen MR) is 96.0 cm³/mol. The van der Waals surface area contributed by atoms with Gasteiger partial charge in [-0.25, -0.2) is 0 Å². The molecule has 0 bridgehead atoms. The molecule has 3 rings (SSSR count). The van der Waals surface area contributed by atoms with Gasteiger partial charge in [0.2, 0.25) is 5.76 Å². The van der Waals surface area contributed by atoms with Crippen LogP contribution >= 0.6 is 0 Å². The van der Waals surface area contributed by atoms with Gasteiger partial charge < -0.3 is 19.4 Å². The van der Waals surface area contributed by atoms with Gasteiger partial charge in [-0.05, 0) is 25.0 Å². The number of carbonyl (C=O) groups excluding carboxylic acids is 1. The van der Waals surface area contributed by atoms with E-state index in [2.05, 4.69) is 23.9 Å². The van der Waals surface area contributed by atoms with E-state index in [1.807, 2.05) is 12.1 Å². The molecule has 1 saturated heterocycles. The molecule has 0 aliphatic carbocycles. The van der Waals surface area contributed by atoms with Crippen LogP contribution in [0.15, 0.2) is 34.9 Å². The molecule has 0 unspecified atom stereocenters. The summed E-state index contributed by atoms with van der Waals surface area (Å²) in [5.41, 5.74) is 1.84. The number of anilines is 1. The molecule has 6 nitrogen and oxygen atoms in total. The van der Waals surface area contributed by atoms with Gasteiger partial charge in [-0.15, -0.1) is 0 Å². The van der Waals surface area contributed by atoms with Crippen LogP contribution in [0.1, 0.15) is 48.9 Å². The molecule has 1 aliphatic rings. The minimum absolute atomic E-state index is 0.0970. The quantitative estimate of drug-likeness (QED) is 0.902. The van der Waals surface area contributed by atoms with Crippen LogP contribution in [-0.4, -0.2) is 47.2 Å². The second-order valence-corrected chi connectivity index (χ2v) is 6.43. The van der Waals surface area contributed by atoms with Gasteiger partial charge in [0.25, 0.3) is 5.91 Å². The van der Waals surface area contributed by atoms with E-state index in [0.717, 1.165) is 37.3 Å². The third-order valence-corrected chi connectivity index (χ3v) is 4.90. The fourth-order valence-corrected chi connectivity index (χ4v) is 3.30. The summed E-state index contributed by atoms with van der Waals surface area (Å²) in [5.74, 6) is 0.826. The number of benzene rings is 1. The summed E-state index contributed by atoms with van der Waals surface area (Å²) < 4.78 is 5.30. The van der Waals surface area contributed by atoms with E-state index < -0.39 is 0 Å². The topological polar surface area (TPSA) is 69.8 Å². The predicted octanol–water partition coefficient (Wildman–Crippen LogP) is 3.25. The first-order valence-electron chi connectivity index (χ1n) is 8.92. The molecule has 2 heterocycles. The van der Waals surface area contributed by atoms with Gasteiger partial charge in [-0.2, -0.15) is 0 Å². The number of phenols is 1. The van der Waals surface area contributed by atoms with Crippen LogP contribution in [0.4, 0.5) is 5.69 Å². The summed E-state index contributed by atoms with van der Waals surface area (Å²) in [6, 6.07) is 8.99. The Balaban J connectivity index is 1.62. The molecule has 0 spiro atoms. The van der Waals surface area contributed by atoms with Crippen molar-refractivity contribution >= 4 is 11.6 Å². The summed E-state index contributed by atoms with van der Waals surface area (Å²) in [4.78, 5) is 16.6. The van der Waals surface area contributed by atoms with E-state index >= 15 is 0 Å². The normalized spacial score (nSPS) is 15.0. The number of phenolic OH excluding ortho intramolecular Hbond substituents is 1. The molecule has 6 heteroatoms. The lowest BCUT2D eigenvalue weighted by atomic mass is 9.99. The maximum absolute atomic E-state index is 12.6. The van der Waals surface area contributed by atoms with Gasteiger partial charge in [0.1, 0.15) is 5.75 Å². The fourth-order valence-electron chi connectivity index (χ4n) is 3.30. The van der Waals surface area contributed by atoms with E-state index in [0.29, 0.717) is 24.8 Å². The average molecular weight is 343 g/mol. The van der Waals surface area contributed by atoms with Crippen molar-refractivity contribution in [1.29, 1.82) is 0 Å². The van der Waals surface area contributed by atoms with Crippen molar-refractivity contribution in [3.63, 3.8) is 0 Å². The fraction of sp³-hybridized carbons (Fsp3) is 0.474. The summed E-state index contributed by atoms with van der Waals surface area (Å²) in [6.45, 7) is 6.92.